The molecule has 0 unspecified atom stereocenters. The second-order valence-electron chi connectivity index (χ2n) is 9.26. The van der Waals surface area contributed by atoms with Crippen LogP contribution in [-0.4, -0.2) is 27.2 Å². The van der Waals surface area contributed by atoms with Gasteiger partial charge in [-0.15, -0.1) is 0 Å². The molecular formula is C30H31N5O2S. The van der Waals surface area contributed by atoms with Crippen LogP contribution in [0.3, 0.4) is 0 Å². The number of hydrogen-bond donors (Lipinski definition) is 2. The monoisotopic (exact) mass is 525 g/mol. The molecule has 0 spiro atoms. The number of carbonyl (C=O) groups is 1. The Balaban J connectivity index is 1.40. The molecule has 0 aliphatic carbocycles. The van der Waals surface area contributed by atoms with Crippen LogP contribution < -0.4 is 20.3 Å². The highest BCUT2D eigenvalue weighted by Crippen LogP contribution is 2.43. The first-order chi connectivity index (χ1) is 18.5. The molecule has 1 amide bonds. The molecule has 2 atom stereocenters. The maximum absolute atomic E-state index is 12.4. The van der Waals surface area contributed by atoms with Crippen LogP contribution in [0.4, 0.5) is 11.4 Å². The fraction of sp³-hybridized carbons (Fsp3) is 0.233. The molecule has 2 aromatic heterocycles. The normalized spacial score (nSPS) is 16.8. The summed E-state index contributed by atoms with van der Waals surface area (Å²) >= 11 is 5.87. The molecular weight excluding hydrogens is 494 g/mol. The molecule has 0 saturated carbocycles. The van der Waals surface area contributed by atoms with E-state index in [9.17, 15) is 4.79 Å². The van der Waals surface area contributed by atoms with E-state index < -0.39 is 0 Å². The van der Waals surface area contributed by atoms with E-state index >= 15 is 0 Å². The first-order valence-corrected chi connectivity index (χ1v) is 13.1. The summed E-state index contributed by atoms with van der Waals surface area (Å²) in [5, 5.41) is 7.06. The number of ether oxygens (including phenoxy) is 1. The number of thiocarbonyl (C=S) groups is 1. The van der Waals surface area contributed by atoms with Crippen molar-refractivity contribution in [2.45, 2.75) is 39.4 Å². The number of aromatic nitrogens is 2. The van der Waals surface area contributed by atoms with Gasteiger partial charge < -0.3 is 24.8 Å². The summed E-state index contributed by atoms with van der Waals surface area (Å²) in [6.45, 7) is 7.30. The molecule has 38 heavy (non-hydrogen) atoms. The smallest absolute Gasteiger partial charge is 0.262 e. The Morgan fingerprint density at radius 1 is 1.05 bits per heavy atom. The van der Waals surface area contributed by atoms with Gasteiger partial charge in [-0.25, -0.2) is 0 Å². The quantitative estimate of drug-likeness (QED) is 0.287. The molecule has 5 rings (SSSR count). The lowest BCUT2D eigenvalue weighted by Crippen LogP contribution is -2.29. The predicted octanol–water partition coefficient (Wildman–Crippen LogP) is 5.71. The third kappa shape index (κ3) is 5.13. The number of nitrogens with one attached hydrogen (secondary N) is 2. The van der Waals surface area contributed by atoms with Gasteiger partial charge in [-0.2, -0.15) is 0 Å². The number of amides is 1. The first kappa shape index (κ1) is 25.5. The van der Waals surface area contributed by atoms with Crippen LogP contribution >= 0.6 is 12.2 Å². The second kappa shape index (κ2) is 11.1. The molecule has 1 aliphatic heterocycles. The van der Waals surface area contributed by atoms with Crippen molar-refractivity contribution < 1.29 is 9.53 Å². The molecule has 0 radical (unpaired) electrons. The number of carbonyl (C=O) groups excluding carboxylic acids is 1. The van der Waals surface area contributed by atoms with E-state index in [4.69, 9.17) is 17.0 Å². The summed E-state index contributed by atoms with van der Waals surface area (Å²) in [5.41, 5.74) is 6.21. The Labute approximate surface area is 228 Å². The number of pyridine rings is 1. The molecule has 2 aromatic carbocycles. The summed E-state index contributed by atoms with van der Waals surface area (Å²) in [6, 6.07) is 25.0. The van der Waals surface area contributed by atoms with E-state index in [1.54, 1.807) is 0 Å². The Morgan fingerprint density at radius 2 is 1.79 bits per heavy atom. The lowest BCUT2D eigenvalue weighted by Gasteiger charge is -2.28. The molecule has 194 valence electrons. The van der Waals surface area contributed by atoms with Gasteiger partial charge in [-0.05, 0) is 93.1 Å². The van der Waals surface area contributed by atoms with Crippen LogP contribution in [0.1, 0.15) is 41.7 Å². The zero-order chi connectivity index (χ0) is 26.6. The molecule has 4 aromatic rings. The summed E-state index contributed by atoms with van der Waals surface area (Å²) in [7, 11) is 0. The summed E-state index contributed by atoms with van der Waals surface area (Å²) in [5.74, 6) is 0.434. The fourth-order valence-corrected chi connectivity index (χ4v) is 5.48. The number of benzene rings is 2. The highest BCUT2D eigenvalue weighted by atomic mass is 32.1. The number of hydrogen-bond acceptors (Lipinski definition) is 4. The van der Waals surface area contributed by atoms with E-state index in [2.05, 4.69) is 51.9 Å². The minimum atomic E-state index is -0.222. The molecule has 2 N–H and O–H groups in total. The largest absolute Gasteiger partial charge is 0.484 e. The zero-order valence-electron chi connectivity index (χ0n) is 21.7. The van der Waals surface area contributed by atoms with E-state index in [0.29, 0.717) is 16.5 Å². The van der Waals surface area contributed by atoms with Crippen LogP contribution in [0.15, 0.2) is 85.1 Å². The van der Waals surface area contributed by atoms with Crippen molar-refractivity contribution in [2.75, 3.05) is 16.8 Å². The van der Waals surface area contributed by atoms with E-state index in [0.717, 1.165) is 17.9 Å². The van der Waals surface area contributed by atoms with Crippen LogP contribution in [0.25, 0.3) is 0 Å². The van der Waals surface area contributed by atoms with Crippen molar-refractivity contribution in [3.05, 3.63) is 108 Å². The molecule has 7 nitrogen and oxygen atoms in total. The highest BCUT2D eigenvalue weighted by Gasteiger charge is 2.42. The lowest BCUT2D eigenvalue weighted by molar-refractivity contribution is -0.118. The zero-order valence-corrected chi connectivity index (χ0v) is 22.5. The highest BCUT2D eigenvalue weighted by molar-refractivity contribution is 7.80. The number of para-hydroxylation sites is 1. The number of anilines is 2. The minimum Gasteiger partial charge on any atom is -0.484 e. The predicted molar refractivity (Wildman–Crippen MR) is 155 cm³/mol. The minimum absolute atomic E-state index is 0.0627. The van der Waals surface area contributed by atoms with Gasteiger partial charge in [0.05, 0.1) is 17.8 Å². The Kier molecular flexibility index (Phi) is 7.42. The van der Waals surface area contributed by atoms with Gasteiger partial charge in [0.25, 0.3) is 5.91 Å². The maximum Gasteiger partial charge on any atom is 0.262 e. The Bertz CT molecular complexity index is 1420. The summed E-state index contributed by atoms with van der Waals surface area (Å²) in [4.78, 5) is 19.2. The molecule has 1 fully saturated rings. The van der Waals surface area contributed by atoms with Crippen molar-refractivity contribution in [1.82, 2.24) is 14.9 Å². The van der Waals surface area contributed by atoms with Crippen LogP contribution in [0, 0.1) is 13.8 Å². The summed E-state index contributed by atoms with van der Waals surface area (Å²) in [6.07, 6.45) is 1.81. The van der Waals surface area contributed by atoms with Gasteiger partial charge in [0, 0.05) is 35.5 Å². The molecule has 0 bridgehead atoms. The van der Waals surface area contributed by atoms with Crippen molar-refractivity contribution in [3.63, 3.8) is 0 Å². The third-order valence-corrected chi connectivity index (χ3v) is 7.20. The van der Waals surface area contributed by atoms with Crippen molar-refractivity contribution in [1.29, 1.82) is 0 Å². The average Bonchev–Trinajstić information content (AvgIpc) is 3.43. The topological polar surface area (TPSA) is 71.4 Å². The molecule has 1 aliphatic rings. The van der Waals surface area contributed by atoms with Crippen LogP contribution in [-0.2, 0) is 11.3 Å². The van der Waals surface area contributed by atoms with Gasteiger partial charge >= 0.3 is 0 Å². The van der Waals surface area contributed by atoms with Gasteiger partial charge in [0.1, 0.15) is 5.75 Å². The number of nitrogens with zero attached hydrogens (tertiary/aromatic N) is 3. The Hall–Kier alpha value is -4.17. The average molecular weight is 526 g/mol. The molecule has 3 heterocycles. The standard InChI is InChI=1S/C30H31N5O2S/c1-4-34-20(2)18-25(21(34)3)29-28(26-12-8-9-17-31-26)33-30(38)35(29)23-15-13-22(14-16-23)32-27(36)19-37-24-10-6-5-7-11-24/h5-18,28-29H,4,19H2,1-3H3,(H,32,36)(H,33,38)/t28-,29-/m1/s1. The van der Waals surface area contributed by atoms with Gasteiger partial charge in [-0.1, -0.05) is 24.3 Å². The number of aryl methyl sites for hydroxylation is 1. The molecule has 1 saturated heterocycles. The van der Waals surface area contributed by atoms with Gasteiger partial charge in [0.15, 0.2) is 11.7 Å². The summed E-state index contributed by atoms with van der Waals surface area (Å²) < 4.78 is 7.87. The Morgan fingerprint density at radius 3 is 2.45 bits per heavy atom. The van der Waals surface area contributed by atoms with E-state index in [1.165, 1.54) is 17.0 Å². The van der Waals surface area contributed by atoms with Crippen molar-refractivity contribution >= 4 is 34.6 Å². The second-order valence-corrected chi connectivity index (χ2v) is 9.65. The van der Waals surface area contributed by atoms with E-state index in [-0.39, 0.29) is 24.6 Å². The lowest BCUT2D eigenvalue weighted by atomic mass is 9.96. The van der Waals surface area contributed by atoms with Gasteiger partial charge in [-0.3, -0.25) is 9.78 Å². The first-order valence-electron chi connectivity index (χ1n) is 12.7. The van der Waals surface area contributed by atoms with Crippen LogP contribution in [0.5, 0.6) is 5.75 Å². The SMILES string of the molecule is CCn1c(C)cc([C@@H]2[C@@H](c3ccccn3)NC(=S)N2c2ccc(NC(=O)COc3ccccc3)cc2)c1C. The van der Waals surface area contributed by atoms with Crippen LogP contribution in [0.2, 0.25) is 0 Å². The fourth-order valence-electron chi connectivity index (χ4n) is 5.13. The van der Waals surface area contributed by atoms with Gasteiger partial charge in [0.2, 0.25) is 0 Å². The number of rotatable bonds is 8. The maximum atomic E-state index is 12.4. The van der Waals surface area contributed by atoms with Crippen molar-refractivity contribution in [3.8, 4) is 5.75 Å². The third-order valence-electron chi connectivity index (χ3n) is 6.89. The van der Waals surface area contributed by atoms with E-state index in [1.807, 2.05) is 79.0 Å². The van der Waals surface area contributed by atoms with Crippen molar-refractivity contribution in [2.24, 2.45) is 0 Å². The molecule has 8 heteroatoms.